The highest BCUT2D eigenvalue weighted by molar-refractivity contribution is 5.79. The van der Waals surface area contributed by atoms with E-state index in [2.05, 4.69) is 15.6 Å². The van der Waals surface area contributed by atoms with Gasteiger partial charge < -0.3 is 24.9 Å². The maximum absolute atomic E-state index is 10.6. The number of rotatable bonds is 8. The SMILES string of the molecule is CCNC(=NCC(C)(O)c1ccc(C)o1)NCCOc1ccccc1C. The molecule has 0 spiro atoms. The molecule has 0 aliphatic carbocycles. The number of para-hydroxylation sites is 1. The van der Waals surface area contributed by atoms with Crippen molar-refractivity contribution >= 4 is 5.96 Å². The summed E-state index contributed by atoms with van der Waals surface area (Å²) in [4.78, 5) is 4.46. The Balaban J connectivity index is 1.87. The molecule has 2 rings (SSSR count). The Labute approximate surface area is 155 Å². The van der Waals surface area contributed by atoms with Gasteiger partial charge in [-0.1, -0.05) is 18.2 Å². The fraction of sp³-hybridized carbons (Fsp3) is 0.450. The number of hydrogen-bond acceptors (Lipinski definition) is 4. The lowest BCUT2D eigenvalue weighted by molar-refractivity contribution is 0.0428. The summed E-state index contributed by atoms with van der Waals surface area (Å²) in [5.41, 5.74) is -0.0493. The third-order valence-corrected chi connectivity index (χ3v) is 3.91. The van der Waals surface area contributed by atoms with Gasteiger partial charge in [-0.2, -0.15) is 0 Å². The fourth-order valence-corrected chi connectivity index (χ4v) is 2.43. The molecule has 0 saturated heterocycles. The van der Waals surface area contributed by atoms with Gasteiger partial charge in [-0.25, -0.2) is 4.99 Å². The summed E-state index contributed by atoms with van der Waals surface area (Å²) in [6.45, 7) is 9.59. The number of hydrogen-bond donors (Lipinski definition) is 3. The highest BCUT2D eigenvalue weighted by Crippen LogP contribution is 2.23. The quantitative estimate of drug-likeness (QED) is 0.384. The van der Waals surface area contributed by atoms with Crippen molar-refractivity contribution in [2.75, 3.05) is 26.2 Å². The highest BCUT2D eigenvalue weighted by Gasteiger charge is 2.26. The second-order valence-corrected chi connectivity index (χ2v) is 6.42. The normalized spacial score (nSPS) is 14.0. The van der Waals surface area contributed by atoms with Crippen LogP contribution in [0.3, 0.4) is 0 Å². The fourth-order valence-electron chi connectivity index (χ4n) is 2.43. The van der Waals surface area contributed by atoms with Crippen LogP contribution in [0.4, 0.5) is 0 Å². The Bertz CT molecular complexity index is 723. The van der Waals surface area contributed by atoms with E-state index in [0.29, 0.717) is 24.9 Å². The predicted molar refractivity (Wildman–Crippen MR) is 104 cm³/mol. The number of ether oxygens (including phenoxy) is 1. The van der Waals surface area contributed by atoms with Crippen molar-refractivity contribution in [3.05, 3.63) is 53.5 Å². The van der Waals surface area contributed by atoms with Crippen molar-refractivity contribution < 1.29 is 14.3 Å². The summed E-state index contributed by atoms with van der Waals surface area (Å²) in [5.74, 6) is 2.79. The molecule has 1 unspecified atom stereocenters. The minimum absolute atomic E-state index is 0.188. The molecule has 1 aromatic carbocycles. The summed E-state index contributed by atoms with van der Waals surface area (Å²) in [5, 5.41) is 17.0. The molecular weight excluding hydrogens is 330 g/mol. The molecule has 3 N–H and O–H groups in total. The van der Waals surface area contributed by atoms with Crippen molar-refractivity contribution in [1.82, 2.24) is 10.6 Å². The molecule has 26 heavy (non-hydrogen) atoms. The molecule has 1 atom stereocenters. The first kappa shape index (κ1) is 19.8. The van der Waals surface area contributed by atoms with Gasteiger partial charge in [-0.15, -0.1) is 0 Å². The summed E-state index contributed by atoms with van der Waals surface area (Å²) < 4.78 is 11.3. The van der Waals surface area contributed by atoms with Crippen LogP contribution in [0, 0.1) is 13.8 Å². The lowest BCUT2D eigenvalue weighted by Crippen LogP contribution is -2.40. The Kier molecular flexibility index (Phi) is 7.09. The average molecular weight is 359 g/mol. The van der Waals surface area contributed by atoms with Crippen LogP contribution in [0.5, 0.6) is 5.75 Å². The zero-order valence-corrected chi connectivity index (χ0v) is 16.0. The van der Waals surface area contributed by atoms with Crippen LogP contribution < -0.4 is 15.4 Å². The largest absolute Gasteiger partial charge is 0.491 e. The van der Waals surface area contributed by atoms with Gasteiger partial charge in [-0.05, 0) is 51.5 Å². The van der Waals surface area contributed by atoms with Crippen molar-refractivity contribution in [2.45, 2.75) is 33.3 Å². The molecule has 1 heterocycles. The Morgan fingerprint density at radius 3 is 2.62 bits per heavy atom. The molecular formula is C20H29N3O3. The van der Waals surface area contributed by atoms with Gasteiger partial charge in [0.25, 0.3) is 0 Å². The summed E-state index contributed by atoms with van der Waals surface area (Å²) >= 11 is 0. The average Bonchev–Trinajstić information content (AvgIpc) is 3.05. The van der Waals surface area contributed by atoms with Gasteiger partial charge in [0.1, 0.15) is 29.5 Å². The Hall–Kier alpha value is -2.47. The third kappa shape index (κ3) is 5.81. The minimum atomic E-state index is -1.16. The van der Waals surface area contributed by atoms with E-state index in [-0.39, 0.29) is 6.54 Å². The second-order valence-electron chi connectivity index (χ2n) is 6.42. The van der Waals surface area contributed by atoms with Crippen LogP contribution in [0.1, 0.15) is 30.9 Å². The highest BCUT2D eigenvalue weighted by atomic mass is 16.5. The monoisotopic (exact) mass is 359 g/mol. The van der Waals surface area contributed by atoms with Gasteiger partial charge >= 0.3 is 0 Å². The molecule has 6 nitrogen and oxygen atoms in total. The molecule has 0 aliphatic rings. The molecule has 0 aliphatic heterocycles. The van der Waals surface area contributed by atoms with Crippen LogP contribution in [0.25, 0.3) is 0 Å². The molecule has 0 radical (unpaired) electrons. The van der Waals surface area contributed by atoms with Crippen LogP contribution in [-0.2, 0) is 5.60 Å². The van der Waals surface area contributed by atoms with Gasteiger partial charge in [0.05, 0.1) is 13.1 Å². The Morgan fingerprint density at radius 2 is 1.96 bits per heavy atom. The van der Waals surface area contributed by atoms with E-state index in [1.165, 1.54) is 0 Å². The summed E-state index contributed by atoms with van der Waals surface area (Å²) in [7, 11) is 0. The maximum Gasteiger partial charge on any atom is 0.191 e. The van der Waals surface area contributed by atoms with Crippen LogP contribution in [0.2, 0.25) is 0 Å². The van der Waals surface area contributed by atoms with Crippen LogP contribution in [0.15, 0.2) is 45.8 Å². The van der Waals surface area contributed by atoms with E-state index in [4.69, 9.17) is 9.15 Å². The lowest BCUT2D eigenvalue weighted by Gasteiger charge is -2.19. The minimum Gasteiger partial charge on any atom is -0.491 e. The number of aliphatic imine (C=N–C) groups is 1. The lowest BCUT2D eigenvalue weighted by atomic mass is 10.0. The number of guanidine groups is 1. The van der Waals surface area contributed by atoms with E-state index in [1.807, 2.05) is 51.1 Å². The van der Waals surface area contributed by atoms with E-state index < -0.39 is 5.60 Å². The zero-order chi connectivity index (χ0) is 19.0. The first-order valence-electron chi connectivity index (χ1n) is 8.92. The molecule has 0 amide bonds. The van der Waals surface area contributed by atoms with Gasteiger partial charge in [-0.3, -0.25) is 0 Å². The van der Waals surface area contributed by atoms with E-state index in [1.54, 1.807) is 13.0 Å². The van der Waals surface area contributed by atoms with Gasteiger partial charge in [0.2, 0.25) is 0 Å². The molecule has 6 heteroatoms. The molecule has 0 saturated carbocycles. The molecule has 1 aromatic heterocycles. The van der Waals surface area contributed by atoms with Crippen LogP contribution >= 0.6 is 0 Å². The standard InChI is InChI=1S/C20H29N3O3/c1-5-21-19(22-12-13-25-17-9-7-6-8-15(17)2)23-14-20(4,24)18-11-10-16(3)26-18/h6-11,24H,5,12-14H2,1-4H3,(H2,21,22,23). The summed E-state index contributed by atoms with van der Waals surface area (Å²) in [6.07, 6.45) is 0. The van der Waals surface area contributed by atoms with Crippen molar-refractivity contribution in [1.29, 1.82) is 0 Å². The van der Waals surface area contributed by atoms with Gasteiger partial charge in [0.15, 0.2) is 5.96 Å². The Morgan fingerprint density at radius 1 is 1.19 bits per heavy atom. The number of nitrogens with zero attached hydrogens (tertiary/aromatic N) is 1. The van der Waals surface area contributed by atoms with Crippen molar-refractivity contribution in [3.63, 3.8) is 0 Å². The molecule has 142 valence electrons. The topological polar surface area (TPSA) is 79.0 Å². The number of nitrogens with one attached hydrogen (secondary N) is 2. The third-order valence-electron chi connectivity index (χ3n) is 3.91. The molecule has 2 aromatic rings. The number of furan rings is 1. The van der Waals surface area contributed by atoms with Crippen molar-refractivity contribution in [2.24, 2.45) is 4.99 Å². The summed E-state index contributed by atoms with van der Waals surface area (Å²) in [6, 6.07) is 11.5. The number of aryl methyl sites for hydroxylation is 2. The van der Waals surface area contributed by atoms with Gasteiger partial charge in [0, 0.05) is 6.54 Å². The van der Waals surface area contributed by atoms with E-state index in [9.17, 15) is 5.11 Å². The second kappa shape index (κ2) is 9.29. The molecule has 0 fully saturated rings. The number of benzene rings is 1. The van der Waals surface area contributed by atoms with E-state index >= 15 is 0 Å². The first-order valence-corrected chi connectivity index (χ1v) is 8.92. The van der Waals surface area contributed by atoms with Crippen molar-refractivity contribution in [3.8, 4) is 5.75 Å². The predicted octanol–water partition coefficient (Wildman–Crippen LogP) is 2.74. The first-order chi connectivity index (χ1) is 12.4. The van der Waals surface area contributed by atoms with Crippen LogP contribution in [-0.4, -0.2) is 37.3 Å². The van der Waals surface area contributed by atoms with E-state index in [0.717, 1.165) is 23.6 Å². The smallest absolute Gasteiger partial charge is 0.191 e. The molecule has 0 bridgehead atoms. The number of aliphatic hydroxyl groups is 1. The maximum atomic E-state index is 10.6. The zero-order valence-electron chi connectivity index (χ0n) is 16.0.